The Morgan fingerprint density at radius 1 is 1.25 bits per heavy atom. The minimum Gasteiger partial charge on any atom is -0.351 e. The quantitative estimate of drug-likeness (QED) is 0.622. The van der Waals surface area contributed by atoms with Gasteiger partial charge in [0, 0.05) is 13.2 Å². The summed E-state index contributed by atoms with van der Waals surface area (Å²) in [5.74, 6) is -2.51. The third kappa shape index (κ3) is 4.70. The van der Waals surface area contributed by atoms with E-state index in [9.17, 15) is 13.6 Å². The van der Waals surface area contributed by atoms with Gasteiger partial charge < -0.3 is 14.8 Å². The van der Waals surface area contributed by atoms with Crippen molar-refractivity contribution in [2.75, 3.05) is 19.8 Å². The first-order chi connectivity index (χ1) is 9.49. The molecule has 0 atom stereocenters. The van der Waals surface area contributed by atoms with E-state index in [1.54, 1.807) is 13.8 Å². The zero-order valence-electron chi connectivity index (χ0n) is 11.2. The Balaban J connectivity index is 2.69. The molecular formula is C13H16ClF2NO3. The standard InChI is InChI=1S/C13H16ClF2NO3/c1-3-19-12(20-4-2)7-17-13(18)8-5-11(16)9(14)6-10(8)15/h5-6,12H,3-4,7H2,1-2H3,(H,17,18). The van der Waals surface area contributed by atoms with Crippen LogP contribution in [0.5, 0.6) is 0 Å². The van der Waals surface area contributed by atoms with Crippen molar-refractivity contribution in [1.29, 1.82) is 0 Å². The van der Waals surface area contributed by atoms with E-state index in [4.69, 9.17) is 21.1 Å². The summed E-state index contributed by atoms with van der Waals surface area (Å²) in [7, 11) is 0. The Morgan fingerprint density at radius 3 is 2.40 bits per heavy atom. The van der Waals surface area contributed by atoms with E-state index in [-0.39, 0.29) is 11.6 Å². The number of amides is 1. The van der Waals surface area contributed by atoms with Crippen molar-refractivity contribution >= 4 is 17.5 Å². The lowest BCUT2D eigenvalue weighted by atomic mass is 10.2. The topological polar surface area (TPSA) is 47.6 Å². The fourth-order valence-electron chi connectivity index (χ4n) is 1.51. The van der Waals surface area contributed by atoms with Gasteiger partial charge in [0.2, 0.25) is 0 Å². The third-order valence-corrected chi connectivity index (χ3v) is 2.68. The van der Waals surface area contributed by atoms with E-state index in [1.807, 2.05) is 0 Å². The molecule has 0 aliphatic rings. The van der Waals surface area contributed by atoms with E-state index in [2.05, 4.69) is 5.32 Å². The molecule has 1 amide bonds. The molecule has 0 saturated carbocycles. The van der Waals surface area contributed by atoms with Gasteiger partial charge in [-0.1, -0.05) is 11.6 Å². The summed E-state index contributed by atoms with van der Waals surface area (Å²) >= 11 is 5.41. The molecule has 1 N–H and O–H groups in total. The second-order valence-electron chi connectivity index (χ2n) is 3.80. The van der Waals surface area contributed by atoms with Crippen LogP contribution in [0, 0.1) is 11.6 Å². The zero-order valence-corrected chi connectivity index (χ0v) is 12.0. The molecule has 0 radical (unpaired) electrons. The van der Waals surface area contributed by atoms with Gasteiger partial charge in [0.15, 0.2) is 6.29 Å². The smallest absolute Gasteiger partial charge is 0.254 e. The Hall–Kier alpha value is -1.24. The zero-order chi connectivity index (χ0) is 15.1. The fraction of sp³-hybridized carbons (Fsp3) is 0.462. The molecule has 7 heteroatoms. The summed E-state index contributed by atoms with van der Waals surface area (Å²) in [6.45, 7) is 4.41. The normalized spacial score (nSPS) is 10.9. The maximum Gasteiger partial charge on any atom is 0.254 e. The molecular weight excluding hydrogens is 292 g/mol. The van der Waals surface area contributed by atoms with Crippen LogP contribution >= 0.6 is 11.6 Å². The molecule has 112 valence electrons. The number of hydrogen-bond acceptors (Lipinski definition) is 3. The van der Waals surface area contributed by atoms with Crippen molar-refractivity contribution < 1.29 is 23.0 Å². The molecule has 0 heterocycles. The van der Waals surface area contributed by atoms with Crippen LogP contribution in [0.1, 0.15) is 24.2 Å². The van der Waals surface area contributed by atoms with Gasteiger partial charge in [-0.15, -0.1) is 0 Å². The fourth-order valence-corrected chi connectivity index (χ4v) is 1.66. The Morgan fingerprint density at radius 2 is 1.85 bits per heavy atom. The predicted molar refractivity (Wildman–Crippen MR) is 70.7 cm³/mol. The van der Waals surface area contributed by atoms with Crippen molar-refractivity contribution in [2.24, 2.45) is 0 Å². The van der Waals surface area contributed by atoms with Gasteiger partial charge in [-0.25, -0.2) is 8.78 Å². The van der Waals surface area contributed by atoms with Gasteiger partial charge in [-0.3, -0.25) is 4.79 Å². The second-order valence-corrected chi connectivity index (χ2v) is 4.20. The summed E-state index contributed by atoms with van der Waals surface area (Å²) in [5, 5.41) is 2.04. The molecule has 0 saturated heterocycles. The minimum atomic E-state index is -0.890. The van der Waals surface area contributed by atoms with Crippen molar-refractivity contribution in [2.45, 2.75) is 20.1 Å². The van der Waals surface area contributed by atoms with Gasteiger partial charge in [0.05, 0.1) is 17.1 Å². The molecule has 1 aromatic carbocycles. The molecule has 0 aromatic heterocycles. The highest BCUT2D eigenvalue weighted by Crippen LogP contribution is 2.19. The number of carbonyl (C=O) groups excluding carboxylic acids is 1. The summed E-state index contributed by atoms with van der Waals surface area (Å²) in [4.78, 5) is 11.8. The van der Waals surface area contributed by atoms with Crippen LogP contribution in [-0.4, -0.2) is 32.0 Å². The maximum atomic E-state index is 13.5. The molecule has 4 nitrogen and oxygen atoms in total. The number of hydrogen-bond donors (Lipinski definition) is 1. The van der Waals surface area contributed by atoms with Crippen molar-refractivity contribution in [3.8, 4) is 0 Å². The van der Waals surface area contributed by atoms with E-state index in [1.165, 1.54) is 0 Å². The Kier molecular flexibility index (Phi) is 6.84. The highest BCUT2D eigenvalue weighted by Gasteiger charge is 2.17. The highest BCUT2D eigenvalue weighted by molar-refractivity contribution is 6.30. The minimum absolute atomic E-state index is 0.0319. The SMILES string of the molecule is CCOC(CNC(=O)c1cc(F)c(Cl)cc1F)OCC. The van der Waals surface area contributed by atoms with Crippen LogP contribution < -0.4 is 5.32 Å². The van der Waals surface area contributed by atoms with Crippen LogP contribution in [-0.2, 0) is 9.47 Å². The first-order valence-corrected chi connectivity index (χ1v) is 6.53. The van der Waals surface area contributed by atoms with Crippen LogP contribution in [0.3, 0.4) is 0 Å². The number of rotatable bonds is 7. The van der Waals surface area contributed by atoms with Crippen LogP contribution in [0.2, 0.25) is 5.02 Å². The number of ether oxygens (including phenoxy) is 2. The molecule has 1 rings (SSSR count). The van der Waals surface area contributed by atoms with E-state index < -0.39 is 29.4 Å². The van der Waals surface area contributed by atoms with Gasteiger partial charge in [-0.05, 0) is 26.0 Å². The van der Waals surface area contributed by atoms with Gasteiger partial charge in [-0.2, -0.15) is 0 Å². The average Bonchev–Trinajstić information content (AvgIpc) is 2.40. The first-order valence-electron chi connectivity index (χ1n) is 6.15. The molecule has 20 heavy (non-hydrogen) atoms. The molecule has 0 fully saturated rings. The first kappa shape index (κ1) is 16.8. The van der Waals surface area contributed by atoms with E-state index in [0.717, 1.165) is 12.1 Å². The summed E-state index contributed by atoms with van der Waals surface area (Å²) < 4.78 is 37.2. The molecule has 0 aliphatic carbocycles. The average molecular weight is 308 g/mol. The maximum absolute atomic E-state index is 13.5. The van der Waals surface area contributed by atoms with E-state index in [0.29, 0.717) is 13.2 Å². The Bertz CT molecular complexity index is 465. The molecule has 0 unspecified atom stereocenters. The van der Waals surface area contributed by atoms with Gasteiger partial charge in [0.25, 0.3) is 5.91 Å². The monoisotopic (exact) mass is 307 g/mol. The van der Waals surface area contributed by atoms with Gasteiger partial charge >= 0.3 is 0 Å². The summed E-state index contributed by atoms with van der Waals surface area (Å²) in [6, 6.07) is 1.51. The van der Waals surface area contributed by atoms with E-state index >= 15 is 0 Å². The number of carbonyl (C=O) groups is 1. The van der Waals surface area contributed by atoms with Gasteiger partial charge in [0.1, 0.15) is 11.6 Å². The van der Waals surface area contributed by atoms with Crippen LogP contribution in [0.4, 0.5) is 8.78 Å². The molecule has 1 aromatic rings. The largest absolute Gasteiger partial charge is 0.351 e. The third-order valence-electron chi connectivity index (χ3n) is 2.39. The lowest BCUT2D eigenvalue weighted by molar-refractivity contribution is -0.131. The second kappa shape index (κ2) is 8.14. The van der Waals surface area contributed by atoms with Crippen molar-refractivity contribution in [3.63, 3.8) is 0 Å². The number of halogens is 3. The van der Waals surface area contributed by atoms with Crippen molar-refractivity contribution in [3.05, 3.63) is 34.4 Å². The predicted octanol–water partition coefficient (Wildman–Crippen LogP) is 2.75. The van der Waals surface area contributed by atoms with Crippen LogP contribution in [0.15, 0.2) is 12.1 Å². The number of benzene rings is 1. The number of nitrogens with one attached hydrogen (secondary N) is 1. The van der Waals surface area contributed by atoms with Crippen LogP contribution in [0.25, 0.3) is 0 Å². The van der Waals surface area contributed by atoms with Crippen molar-refractivity contribution in [1.82, 2.24) is 5.32 Å². The molecule has 0 spiro atoms. The lowest BCUT2D eigenvalue weighted by Crippen LogP contribution is -2.35. The summed E-state index contributed by atoms with van der Waals surface area (Å²) in [5.41, 5.74) is -0.418. The molecule has 0 aliphatic heterocycles. The lowest BCUT2D eigenvalue weighted by Gasteiger charge is -2.17. The Labute approximate surface area is 121 Å². The summed E-state index contributed by atoms with van der Waals surface area (Å²) in [6.07, 6.45) is -0.630. The highest BCUT2D eigenvalue weighted by atomic mass is 35.5. The molecule has 0 bridgehead atoms.